The molecule has 0 N–H and O–H groups in total. The second kappa shape index (κ2) is 46.6. The average Bonchev–Trinajstić information content (AvgIpc) is 1.48. The molecule has 0 unspecified atom stereocenters. The molecule has 139 heavy (non-hydrogen) atoms. The van der Waals surface area contributed by atoms with Crippen molar-refractivity contribution >= 4 is 132 Å². The van der Waals surface area contributed by atoms with E-state index in [1.807, 2.05) is 131 Å². The number of hydrogen-bond acceptors (Lipinski definition) is 9. The summed E-state index contributed by atoms with van der Waals surface area (Å²) in [6.45, 7) is 35.4. The van der Waals surface area contributed by atoms with Crippen LogP contribution in [0.4, 0.5) is 0 Å². The Hall–Kier alpha value is -11.0. The lowest BCUT2D eigenvalue weighted by molar-refractivity contribution is 0.103. The molecular formula is C128H136N4O2S5. The van der Waals surface area contributed by atoms with Crippen LogP contribution in [0.3, 0.4) is 0 Å². The van der Waals surface area contributed by atoms with Crippen LogP contribution in [0.5, 0.6) is 0 Å². The van der Waals surface area contributed by atoms with Gasteiger partial charge in [-0.15, -0.1) is 56.7 Å². The summed E-state index contributed by atoms with van der Waals surface area (Å²) in [7, 11) is 0. The number of rotatable bonds is 48. The van der Waals surface area contributed by atoms with Gasteiger partial charge in [0.05, 0.1) is 69.7 Å². The SMILES string of the molecule is [C-]#[N+]\C(C#N)=C1/C(=C/C=C/c2cc3c(s2)-c2sc4c5c(sc4c2C3(c2cc(CCCCCC)cc(CCCCCC)c2)c2cc(CCCCCC)cc(CCCCCC)c2)-c2sc3cc(/C=C/C=C4\C(=O)c6cc7ccccc7cc6\C4=C(\C#N)[N+]#[C-])sc3c2C5(c2cc(CCCCCC)cc(CCCCCC)c2)c2cc(CCCCCC)cc(CCCCCC)c2)C(=O)c2cc3ccccc3cc21. The van der Waals surface area contributed by atoms with E-state index in [-0.39, 0.29) is 23.0 Å². The zero-order valence-corrected chi connectivity index (χ0v) is 87.5. The van der Waals surface area contributed by atoms with Crippen LogP contribution in [0.2, 0.25) is 0 Å². The van der Waals surface area contributed by atoms with Crippen molar-refractivity contribution in [3.8, 4) is 31.6 Å². The van der Waals surface area contributed by atoms with Crippen LogP contribution in [0.1, 0.15) is 391 Å². The van der Waals surface area contributed by atoms with Gasteiger partial charge in [0.1, 0.15) is 0 Å². The second-order valence-electron chi connectivity index (χ2n) is 39.9. The molecule has 0 amide bonds. The third-order valence-electron chi connectivity index (χ3n) is 29.9. The number of carbonyl (C=O) groups excluding carboxylic acids is 2. The largest absolute Gasteiger partial charge is 0.289 e. The van der Waals surface area contributed by atoms with Crippen molar-refractivity contribution < 1.29 is 9.59 Å². The average molecular weight is 1920 g/mol. The zero-order chi connectivity index (χ0) is 96.5. The van der Waals surface area contributed by atoms with Gasteiger partial charge >= 0.3 is 0 Å². The number of carbonyl (C=O) groups is 2. The molecule has 17 rings (SSSR count). The summed E-state index contributed by atoms with van der Waals surface area (Å²) in [6.07, 6.45) is 57.8. The van der Waals surface area contributed by atoms with Crippen LogP contribution >= 0.6 is 56.7 Å². The molecule has 0 fully saturated rings. The number of ketones is 2. The first kappa shape index (κ1) is 99.6. The molecule has 0 bridgehead atoms. The summed E-state index contributed by atoms with van der Waals surface area (Å²) in [5, 5.41) is 25.3. The van der Waals surface area contributed by atoms with E-state index in [1.54, 1.807) is 0 Å². The van der Waals surface area contributed by atoms with Gasteiger partial charge in [-0.2, -0.15) is 0 Å². The summed E-state index contributed by atoms with van der Waals surface area (Å²) in [5.74, 6) is -0.360. The monoisotopic (exact) mass is 1920 g/mol. The maximum absolute atomic E-state index is 15.2. The molecule has 0 spiro atoms. The maximum atomic E-state index is 15.2. The molecule has 5 heterocycles. The van der Waals surface area contributed by atoms with Crippen LogP contribution in [-0.4, -0.2) is 11.6 Å². The highest BCUT2D eigenvalue weighted by atomic mass is 32.1. The van der Waals surface area contributed by atoms with Crippen molar-refractivity contribution in [2.24, 2.45) is 0 Å². The maximum Gasteiger partial charge on any atom is 0.270 e. The van der Waals surface area contributed by atoms with E-state index in [2.05, 4.69) is 197 Å². The molecule has 6 nitrogen and oxygen atoms in total. The summed E-state index contributed by atoms with van der Waals surface area (Å²) < 4.78 is 5.32. The van der Waals surface area contributed by atoms with E-state index >= 15 is 4.79 Å². The fourth-order valence-electron chi connectivity index (χ4n) is 22.9. The van der Waals surface area contributed by atoms with Gasteiger partial charge in [-0.3, -0.25) is 9.59 Å². The molecule has 11 heteroatoms. The second-order valence-corrected chi connectivity index (χ2v) is 45.1. The number of Topliss-reactive ketones (excluding diaryl/α,β-unsaturated/α-hetero) is 2. The Morgan fingerprint density at radius 1 is 0.317 bits per heavy atom. The molecule has 4 aliphatic carbocycles. The molecular weight excluding hydrogens is 1790 g/mol. The highest BCUT2D eigenvalue weighted by Crippen LogP contribution is 2.72. The zero-order valence-electron chi connectivity index (χ0n) is 83.4. The minimum Gasteiger partial charge on any atom is -0.289 e. The highest BCUT2D eigenvalue weighted by molar-refractivity contribution is 7.36. The predicted molar refractivity (Wildman–Crippen MR) is 597 cm³/mol. The molecule has 0 saturated carbocycles. The lowest BCUT2D eigenvalue weighted by Gasteiger charge is -2.35. The number of thiophene rings is 5. The smallest absolute Gasteiger partial charge is 0.270 e. The topological polar surface area (TPSA) is 90.4 Å². The number of aryl methyl sites for hydroxylation is 8. The van der Waals surface area contributed by atoms with Gasteiger partial charge in [0.25, 0.3) is 11.4 Å². The quantitative estimate of drug-likeness (QED) is 0.0164. The number of fused-ring (bicyclic) bond motifs is 15. The highest BCUT2D eigenvalue weighted by Gasteiger charge is 2.57. The van der Waals surface area contributed by atoms with Crippen molar-refractivity contribution in [1.82, 2.24) is 0 Å². The fraction of sp³-hybridized carbons (Fsp3) is 0.391. The van der Waals surface area contributed by atoms with Crippen molar-refractivity contribution in [1.29, 1.82) is 10.5 Å². The molecule has 5 aromatic heterocycles. The Balaban J connectivity index is 0.986. The van der Waals surface area contributed by atoms with Crippen LogP contribution in [-0.2, 0) is 62.2 Å². The van der Waals surface area contributed by atoms with Gasteiger partial charge in [0.15, 0.2) is 11.6 Å². The number of nitriles is 2. The van der Waals surface area contributed by atoms with Gasteiger partial charge in [-0.25, -0.2) is 20.2 Å². The van der Waals surface area contributed by atoms with Gasteiger partial charge in [-0.1, -0.05) is 355 Å². The standard InChI is InChI=1S/C128H136N4O2S5/c1-11-19-27-35-49-85-65-86(50-36-28-20-12-2)70-97(69-85)127(98-71-87(51-37-29-21-13-3)66-88(72-98)52-38-30-22-14-4)109-81-101(61-47-63-103-113(110(83-129)131-9)105-77-93-57-43-45-59-95(93)79-107(105)118(103)133)135-120(109)122-116(127)124-126(138-122)117-125(139-124)123-115(121-112(137-123)82-102(136-121)62-48-64-104-114(111(84-130)132-10)106-78-94-58-44-46-60-96(94)80-108(106)119(104)134)128(117,99-73-89(53-39-31-23-15-5)67-90(74-99)54-40-32-24-16-6)100-75-91(55-41-33-25-17-7)68-92(76-100)56-42-34-26-18-8/h43-48,57-82H,11-42,49-56H2,1-8H3/b61-47+,62-48+,103-63-,104-64-,113-110+,114-111-. The third kappa shape index (κ3) is 20.5. The van der Waals surface area contributed by atoms with E-state index in [1.165, 1.54) is 281 Å². The van der Waals surface area contributed by atoms with Gasteiger partial charge in [-0.05, 0) is 256 Å². The Labute approximate surface area is 848 Å². The summed E-state index contributed by atoms with van der Waals surface area (Å²) in [6, 6.07) is 65.5. The summed E-state index contributed by atoms with van der Waals surface area (Å²) >= 11 is 9.93. The Morgan fingerprint density at radius 2 is 0.604 bits per heavy atom. The van der Waals surface area contributed by atoms with Crippen LogP contribution < -0.4 is 0 Å². The van der Waals surface area contributed by atoms with Gasteiger partial charge in [0, 0.05) is 64.6 Å². The minimum absolute atomic E-state index is 0.0857. The van der Waals surface area contributed by atoms with E-state index in [9.17, 15) is 15.3 Å². The number of benzene rings is 8. The van der Waals surface area contributed by atoms with Crippen molar-refractivity contribution in [2.45, 2.75) is 323 Å². The molecule has 0 aliphatic heterocycles. The number of hydrogen-bond donors (Lipinski definition) is 0. The molecule has 710 valence electrons. The van der Waals surface area contributed by atoms with E-state index < -0.39 is 10.8 Å². The lowest BCUT2D eigenvalue weighted by Crippen LogP contribution is -2.30. The van der Waals surface area contributed by atoms with E-state index in [4.69, 9.17) is 13.1 Å². The van der Waals surface area contributed by atoms with Crippen molar-refractivity contribution in [3.05, 3.63) is 348 Å². The van der Waals surface area contributed by atoms with E-state index in [0.29, 0.717) is 44.5 Å². The van der Waals surface area contributed by atoms with Crippen molar-refractivity contribution in [2.75, 3.05) is 0 Å². The van der Waals surface area contributed by atoms with Gasteiger partial charge < -0.3 is 0 Å². The molecule has 8 aromatic carbocycles. The predicted octanol–water partition coefficient (Wildman–Crippen LogP) is 38.3. The Bertz CT molecular complexity index is 6830. The molecule has 4 aliphatic rings. The Kier molecular flexibility index (Phi) is 33.4. The first-order valence-corrected chi connectivity index (χ1v) is 57.1. The van der Waals surface area contributed by atoms with Crippen molar-refractivity contribution in [3.63, 3.8) is 0 Å². The minimum atomic E-state index is -0.825. The first-order valence-electron chi connectivity index (χ1n) is 53.1. The number of allylic oxidation sites excluding steroid dienone is 10. The lowest BCUT2D eigenvalue weighted by atomic mass is 9.65. The molecule has 13 aromatic rings. The van der Waals surface area contributed by atoms with E-state index in [0.717, 1.165) is 134 Å². The normalized spacial score (nSPS) is 15.2. The van der Waals surface area contributed by atoms with Crippen LogP contribution in [0.15, 0.2) is 205 Å². The fourth-order valence-corrected chi connectivity index (χ4v) is 30.1. The van der Waals surface area contributed by atoms with Crippen LogP contribution in [0.25, 0.3) is 92.8 Å². The first-order chi connectivity index (χ1) is 68.2. The summed E-state index contributed by atoms with van der Waals surface area (Å²) in [4.78, 5) is 45.3. The summed E-state index contributed by atoms with van der Waals surface area (Å²) in [5.41, 5.74) is 24.5. The van der Waals surface area contributed by atoms with Crippen LogP contribution in [0, 0.1) is 35.8 Å². The molecule has 0 saturated heterocycles. The third-order valence-corrected chi connectivity index (χ3v) is 36.2. The number of nitrogens with zero attached hydrogens (tertiary/aromatic N) is 4. The molecule has 0 radical (unpaired) electrons. The van der Waals surface area contributed by atoms with Gasteiger partial charge in [0.2, 0.25) is 0 Å². The Morgan fingerprint density at radius 3 is 0.921 bits per heavy atom. The molecule has 0 atom stereocenters. The number of unbranched alkanes of at least 4 members (excludes halogenated alkanes) is 24.